The van der Waals surface area contributed by atoms with Crippen molar-refractivity contribution in [3.8, 4) is 28.6 Å². The molecule has 0 fully saturated rings. The van der Waals surface area contributed by atoms with Crippen LogP contribution >= 0.6 is 11.6 Å². The maximum Gasteiger partial charge on any atom is 0.573 e. The van der Waals surface area contributed by atoms with E-state index in [9.17, 15) is 13.2 Å². The van der Waals surface area contributed by atoms with Crippen LogP contribution in [0.5, 0.6) is 11.5 Å². The third kappa shape index (κ3) is 4.11. The van der Waals surface area contributed by atoms with Gasteiger partial charge in [0.05, 0.1) is 18.7 Å². The molecular weight excluding hydrogens is 369 g/mol. The van der Waals surface area contributed by atoms with Gasteiger partial charge in [-0.3, -0.25) is 4.57 Å². The lowest BCUT2D eigenvalue weighted by molar-refractivity contribution is -0.274. The summed E-state index contributed by atoms with van der Waals surface area (Å²) < 4.78 is 47.7. The van der Waals surface area contributed by atoms with E-state index in [1.807, 2.05) is 12.1 Å². The van der Waals surface area contributed by atoms with Crippen molar-refractivity contribution in [2.45, 2.75) is 12.2 Å². The van der Waals surface area contributed by atoms with Gasteiger partial charge in [-0.25, -0.2) is 4.98 Å². The van der Waals surface area contributed by atoms with Crippen molar-refractivity contribution in [2.75, 3.05) is 7.11 Å². The smallest absolute Gasteiger partial charge is 0.497 e. The highest BCUT2D eigenvalue weighted by Crippen LogP contribution is 2.28. The van der Waals surface area contributed by atoms with Crippen LogP contribution in [0.1, 0.15) is 5.69 Å². The number of nitrogens with zero attached hydrogens (tertiary/aromatic N) is 2. The Kier molecular flexibility index (Phi) is 5.08. The summed E-state index contributed by atoms with van der Waals surface area (Å²) in [4.78, 5) is 4.49. The average Bonchev–Trinajstić information content (AvgIpc) is 3.05. The average molecular weight is 383 g/mol. The number of alkyl halides is 4. The van der Waals surface area contributed by atoms with E-state index in [2.05, 4.69) is 9.72 Å². The Morgan fingerprint density at radius 1 is 1.00 bits per heavy atom. The number of imidazole rings is 1. The summed E-state index contributed by atoms with van der Waals surface area (Å²) in [6.45, 7) is 0. The van der Waals surface area contributed by atoms with Crippen molar-refractivity contribution in [1.82, 2.24) is 9.55 Å². The number of benzene rings is 2. The van der Waals surface area contributed by atoms with Crippen LogP contribution in [0.4, 0.5) is 13.2 Å². The first-order valence-electron chi connectivity index (χ1n) is 7.54. The van der Waals surface area contributed by atoms with Crippen molar-refractivity contribution < 1.29 is 22.6 Å². The van der Waals surface area contributed by atoms with Gasteiger partial charge in [-0.15, -0.1) is 24.8 Å². The number of halogens is 4. The third-order valence-electron chi connectivity index (χ3n) is 3.59. The van der Waals surface area contributed by atoms with E-state index < -0.39 is 6.36 Å². The first kappa shape index (κ1) is 18.1. The molecule has 3 rings (SSSR count). The molecule has 0 bridgehead atoms. The molecule has 0 atom stereocenters. The molecule has 26 heavy (non-hydrogen) atoms. The standard InChI is InChI=1S/C18H14ClF3N2O2/c1-25-15-6-2-12(3-7-15)17-23-13(10-19)11-24(17)14-4-8-16(9-5-14)26-18(20,21)22/h2-9,11H,10H2,1H3. The first-order valence-corrected chi connectivity index (χ1v) is 8.08. The van der Waals surface area contributed by atoms with E-state index in [1.54, 1.807) is 30.0 Å². The summed E-state index contributed by atoms with van der Waals surface area (Å²) in [6, 6.07) is 12.8. The Morgan fingerprint density at radius 2 is 1.62 bits per heavy atom. The minimum atomic E-state index is -4.73. The molecule has 1 heterocycles. The van der Waals surface area contributed by atoms with Gasteiger partial charge in [0, 0.05) is 17.4 Å². The fourth-order valence-electron chi connectivity index (χ4n) is 2.44. The quantitative estimate of drug-likeness (QED) is 0.570. The maximum absolute atomic E-state index is 12.3. The van der Waals surface area contributed by atoms with E-state index in [4.69, 9.17) is 16.3 Å². The van der Waals surface area contributed by atoms with Gasteiger partial charge in [0.2, 0.25) is 0 Å². The monoisotopic (exact) mass is 382 g/mol. The van der Waals surface area contributed by atoms with Gasteiger partial charge in [-0.1, -0.05) is 0 Å². The molecule has 0 unspecified atom stereocenters. The second-order valence-corrected chi connectivity index (χ2v) is 5.60. The topological polar surface area (TPSA) is 36.3 Å². The first-order chi connectivity index (χ1) is 12.4. The fraction of sp³-hybridized carbons (Fsp3) is 0.167. The maximum atomic E-state index is 12.3. The Bertz CT molecular complexity index is 875. The van der Waals surface area contributed by atoms with E-state index in [-0.39, 0.29) is 11.6 Å². The Hall–Kier alpha value is -2.67. The molecule has 0 aliphatic rings. The van der Waals surface area contributed by atoms with Gasteiger partial charge in [-0.2, -0.15) is 0 Å². The zero-order chi connectivity index (χ0) is 18.7. The number of methoxy groups -OCH3 is 1. The molecule has 1 aromatic heterocycles. The molecule has 4 nitrogen and oxygen atoms in total. The normalized spacial score (nSPS) is 11.4. The van der Waals surface area contributed by atoms with Crippen molar-refractivity contribution in [3.63, 3.8) is 0 Å². The molecule has 0 spiro atoms. The van der Waals surface area contributed by atoms with E-state index in [0.29, 0.717) is 23.0 Å². The summed E-state index contributed by atoms with van der Waals surface area (Å²) in [7, 11) is 1.58. The molecule has 2 aromatic carbocycles. The Balaban J connectivity index is 1.97. The third-order valence-corrected chi connectivity index (χ3v) is 3.86. The number of hydrogen-bond acceptors (Lipinski definition) is 3. The van der Waals surface area contributed by atoms with Crippen molar-refractivity contribution in [1.29, 1.82) is 0 Å². The molecule has 8 heteroatoms. The molecule has 136 valence electrons. The molecule has 0 saturated carbocycles. The lowest BCUT2D eigenvalue weighted by Gasteiger charge is -2.11. The number of rotatable bonds is 5. The number of hydrogen-bond donors (Lipinski definition) is 0. The van der Waals surface area contributed by atoms with Gasteiger partial charge in [0.1, 0.15) is 17.3 Å². The van der Waals surface area contributed by atoms with Gasteiger partial charge in [0.25, 0.3) is 0 Å². The molecule has 0 aliphatic heterocycles. The molecule has 0 aliphatic carbocycles. The zero-order valence-corrected chi connectivity index (χ0v) is 14.4. The summed E-state index contributed by atoms with van der Waals surface area (Å²) >= 11 is 5.89. The number of ether oxygens (including phenoxy) is 2. The fourth-order valence-corrected chi connectivity index (χ4v) is 2.57. The number of aromatic nitrogens is 2. The highest BCUT2D eigenvalue weighted by atomic mass is 35.5. The Labute approximate surface area is 152 Å². The van der Waals surface area contributed by atoms with Crippen LogP contribution in [0.2, 0.25) is 0 Å². The van der Waals surface area contributed by atoms with Gasteiger partial charge < -0.3 is 9.47 Å². The summed E-state index contributed by atoms with van der Waals surface area (Å²) in [6.07, 6.45) is -2.98. The van der Waals surface area contributed by atoms with Crippen LogP contribution in [-0.2, 0) is 5.88 Å². The predicted octanol–water partition coefficient (Wildman–Crippen LogP) is 5.19. The molecule has 3 aromatic rings. The van der Waals surface area contributed by atoms with E-state index in [1.165, 1.54) is 24.3 Å². The van der Waals surface area contributed by atoms with Crippen molar-refractivity contribution in [2.24, 2.45) is 0 Å². The van der Waals surface area contributed by atoms with Gasteiger partial charge in [-0.05, 0) is 48.5 Å². The van der Waals surface area contributed by atoms with Crippen molar-refractivity contribution >= 4 is 11.6 Å². The largest absolute Gasteiger partial charge is 0.573 e. The van der Waals surface area contributed by atoms with Crippen LogP contribution in [0.25, 0.3) is 17.1 Å². The molecule has 0 radical (unpaired) electrons. The minimum absolute atomic E-state index is 0.214. The minimum Gasteiger partial charge on any atom is -0.497 e. The molecule has 0 saturated heterocycles. The van der Waals surface area contributed by atoms with Crippen molar-refractivity contribution in [3.05, 3.63) is 60.4 Å². The van der Waals surface area contributed by atoms with Crippen LogP contribution in [0.15, 0.2) is 54.7 Å². The highest BCUT2D eigenvalue weighted by molar-refractivity contribution is 6.16. The SMILES string of the molecule is COc1ccc(-c2nc(CCl)cn2-c2ccc(OC(F)(F)F)cc2)cc1. The molecule has 0 N–H and O–H groups in total. The zero-order valence-electron chi connectivity index (χ0n) is 13.6. The van der Waals surface area contributed by atoms with E-state index >= 15 is 0 Å². The van der Waals surface area contributed by atoms with Crippen LogP contribution in [0, 0.1) is 0 Å². The lowest BCUT2D eigenvalue weighted by Crippen LogP contribution is -2.17. The van der Waals surface area contributed by atoms with Crippen LogP contribution in [0.3, 0.4) is 0 Å². The van der Waals surface area contributed by atoms with Gasteiger partial charge in [0.15, 0.2) is 0 Å². The Morgan fingerprint density at radius 3 is 2.15 bits per heavy atom. The highest BCUT2D eigenvalue weighted by Gasteiger charge is 2.31. The van der Waals surface area contributed by atoms with Crippen LogP contribution < -0.4 is 9.47 Å². The second-order valence-electron chi connectivity index (χ2n) is 5.33. The summed E-state index contributed by atoms with van der Waals surface area (Å²) in [5.41, 5.74) is 2.10. The van der Waals surface area contributed by atoms with Crippen LogP contribution in [-0.4, -0.2) is 23.0 Å². The predicted molar refractivity (Wildman–Crippen MR) is 91.8 cm³/mol. The van der Waals surface area contributed by atoms with Gasteiger partial charge >= 0.3 is 6.36 Å². The summed E-state index contributed by atoms with van der Waals surface area (Å²) in [5.74, 6) is 1.25. The molecule has 0 amide bonds. The second kappa shape index (κ2) is 7.29. The molecular formula is C18H14ClF3N2O2. The van der Waals surface area contributed by atoms with E-state index in [0.717, 1.165) is 5.56 Å². The lowest BCUT2D eigenvalue weighted by atomic mass is 10.2. The summed E-state index contributed by atoms with van der Waals surface area (Å²) in [5, 5.41) is 0.